The Bertz CT molecular complexity index is 717. The summed E-state index contributed by atoms with van der Waals surface area (Å²) in [6.45, 7) is 1.65. The Morgan fingerprint density at radius 2 is 2.05 bits per heavy atom. The average molecular weight is 298 g/mol. The SMILES string of the molecule is Cc1c(N)cccc1S(=O)(=O)Nc1cc(Cl)ccn1. The zero-order chi connectivity index (χ0) is 14.0. The molecule has 100 valence electrons. The van der Waals surface area contributed by atoms with E-state index in [0.717, 1.165) is 0 Å². The highest BCUT2D eigenvalue weighted by atomic mass is 35.5. The summed E-state index contributed by atoms with van der Waals surface area (Å²) >= 11 is 5.78. The van der Waals surface area contributed by atoms with E-state index in [1.807, 2.05) is 0 Å². The quantitative estimate of drug-likeness (QED) is 0.852. The fourth-order valence-corrected chi connectivity index (χ4v) is 3.01. The van der Waals surface area contributed by atoms with Gasteiger partial charge in [0.05, 0.1) is 4.90 Å². The van der Waals surface area contributed by atoms with Gasteiger partial charge in [0.15, 0.2) is 0 Å². The van der Waals surface area contributed by atoms with Gasteiger partial charge in [0.1, 0.15) is 5.82 Å². The van der Waals surface area contributed by atoms with Crippen molar-refractivity contribution in [3.63, 3.8) is 0 Å². The van der Waals surface area contributed by atoms with Crippen molar-refractivity contribution in [3.8, 4) is 0 Å². The second-order valence-corrected chi connectivity index (χ2v) is 6.02. The standard InChI is InChI=1S/C12H12ClN3O2S/c1-8-10(14)3-2-4-11(8)19(17,18)16-12-7-9(13)5-6-15-12/h2-7H,14H2,1H3,(H,15,16). The lowest BCUT2D eigenvalue weighted by molar-refractivity contribution is 0.600. The monoisotopic (exact) mass is 297 g/mol. The molecule has 0 fully saturated rings. The van der Waals surface area contributed by atoms with Crippen molar-refractivity contribution in [2.45, 2.75) is 11.8 Å². The predicted molar refractivity (Wildman–Crippen MR) is 75.6 cm³/mol. The molecule has 0 spiro atoms. The second kappa shape index (κ2) is 5.07. The largest absolute Gasteiger partial charge is 0.398 e. The van der Waals surface area contributed by atoms with Crippen LogP contribution in [0.2, 0.25) is 5.02 Å². The lowest BCUT2D eigenvalue weighted by atomic mass is 10.2. The van der Waals surface area contributed by atoms with Crippen molar-refractivity contribution in [3.05, 3.63) is 47.1 Å². The van der Waals surface area contributed by atoms with E-state index in [2.05, 4.69) is 9.71 Å². The number of nitrogen functional groups attached to an aromatic ring is 1. The Balaban J connectivity index is 2.41. The second-order valence-electron chi connectivity index (χ2n) is 3.94. The Morgan fingerprint density at radius 3 is 2.74 bits per heavy atom. The normalized spacial score (nSPS) is 11.3. The summed E-state index contributed by atoms with van der Waals surface area (Å²) in [5.74, 6) is 0.161. The summed E-state index contributed by atoms with van der Waals surface area (Å²) in [6.07, 6.45) is 1.42. The number of nitrogens with zero attached hydrogens (tertiary/aromatic N) is 1. The molecule has 0 radical (unpaired) electrons. The molecule has 0 aliphatic carbocycles. The van der Waals surface area contributed by atoms with Crippen molar-refractivity contribution in [1.29, 1.82) is 0 Å². The molecular formula is C12H12ClN3O2S. The first-order chi connectivity index (χ1) is 8.90. The molecule has 1 aromatic heterocycles. The van der Waals surface area contributed by atoms with Gasteiger partial charge in [-0.05, 0) is 30.7 Å². The molecule has 2 aromatic rings. The number of anilines is 2. The van der Waals surface area contributed by atoms with Gasteiger partial charge < -0.3 is 5.73 Å². The first-order valence-corrected chi connectivity index (χ1v) is 7.26. The number of nitrogens with two attached hydrogens (primary N) is 1. The van der Waals surface area contributed by atoms with Gasteiger partial charge in [-0.25, -0.2) is 13.4 Å². The van der Waals surface area contributed by atoms with Gasteiger partial charge in [-0.15, -0.1) is 0 Å². The minimum atomic E-state index is -3.73. The van der Waals surface area contributed by atoms with Crippen LogP contribution in [0.3, 0.4) is 0 Å². The highest BCUT2D eigenvalue weighted by molar-refractivity contribution is 7.92. The van der Waals surface area contributed by atoms with Gasteiger partial charge in [0.2, 0.25) is 0 Å². The average Bonchev–Trinajstić information content (AvgIpc) is 2.32. The highest BCUT2D eigenvalue weighted by Crippen LogP contribution is 2.23. The number of hydrogen-bond donors (Lipinski definition) is 2. The molecule has 0 amide bonds. The van der Waals surface area contributed by atoms with Gasteiger partial charge in [-0.2, -0.15) is 0 Å². The molecular weight excluding hydrogens is 286 g/mol. The summed E-state index contributed by atoms with van der Waals surface area (Å²) in [5, 5.41) is 0.400. The van der Waals surface area contributed by atoms with Crippen molar-refractivity contribution < 1.29 is 8.42 Å². The van der Waals surface area contributed by atoms with E-state index in [4.69, 9.17) is 17.3 Å². The topological polar surface area (TPSA) is 85.1 Å². The Hall–Kier alpha value is -1.79. The van der Waals surface area contributed by atoms with E-state index < -0.39 is 10.0 Å². The number of halogens is 1. The van der Waals surface area contributed by atoms with Crippen molar-refractivity contribution in [1.82, 2.24) is 4.98 Å². The third-order valence-corrected chi connectivity index (χ3v) is 4.31. The van der Waals surface area contributed by atoms with E-state index in [1.165, 1.54) is 18.3 Å². The third kappa shape index (κ3) is 2.97. The van der Waals surface area contributed by atoms with E-state index >= 15 is 0 Å². The first-order valence-electron chi connectivity index (χ1n) is 5.39. The van der Waals surface area contributed by atoms with Gasteiger partial charge >= 0.3 is 0 Å². The summed E-state index contributed by atoms with van der Waals surface area (Å²) in [4.78, 5) is 4.02. The van der Waals surface area contributed by atoms with Crippen LogP contribution in [0, 0.1) is 6.92 Å². The summed E-state index contributed by atoms with van der Waals surface area (Å²) in [6, 6.07) is 7.71. The zero-order valence-electron chi connectivity index (χ0n) is 10.1. The highest BCUT2D eigenvalue weighted by Gasteiger charge is 2.18. The van der Waals surface area contributed by atoms with Crippen LogP contribution in [0.15, 0.2) is 41.4 Å². The van der Waals surface area contributed by atoms with E-state index in [-0.39, 0.29) is 10.7 Å². The van der Waals surface area contributed by atoms with Gasteiger partial charge in [-0.1, -0.05) is 17.7 Å². The predicted octanol–water partition coefficient (Wildman–Crippen LogP) is 2.43. The maximum Gasteiger partial charge on any atom is 0.263 e. The molecule has 2 rings (SSSR count). The molecule has 0 saturated carbocycles. The van der Waals surface area contributed by atoms with Crippen LogP contribution in [-0.4, -0.2) is 13.4 Å². The Kier molecular flexibility index (Phi) is 3.64. The molecule has 0 saturated heterocycles. The van der Waals surface area contributed by atoms with Crippen LogP contribution in [0.5, 0.6) is 0 Å². The minimum absolute atomic E-state index is 0.120. The van der Waals surface area contributed by atoms with E-state index in [0.29, 0.717) is 16.3 Å². The summed E-state index contributed by atoms with van der Waals surface area (Å²) in [5.41, 5.74) is 6.62. The van der Waals surface area contributed by atoms with E-state index in [1.54, 1.807) is 25.1 Å². The lowest BCUT2D eigenvalue weighted by Crippen LogP contribution is -2.15. The number of hydrogen-bond acceptors (Lipinski definition) is 4. The third-order valence-electron chi connectivity index (χ3n) is 2.58. The van der Waals surface area contributed by atoms with Crippen LogP contribution in [-0.2, 0) is 10.0 Å². The fraction of sp³-hybridized carbons (Fsp3) is 0.0833. The van der Waals surface area contributed by atoms with Crippen LogP contribution in [0.4, 0.5) is 11.5 Å². The number of sulfonamides is 1. The number of rotatable bonds is 3. The van der Waals surface area contributed by atoms with Crippen LogP contribution >= 0.6 is 11.6 Å². The van der Waals surface area contributed by atoms with Crippen LogP contribution in [0.1, 0.15) is 5.56 Å². The number of benzene rings is 1. The zero-order valence-corrected chi connectivity index (χ0v) is 11.7. The van der Waals surface area contributed by atoms with Crippen LogP contribution < -0.4 is 10.5 Å². The van der Waals surface area contributed by atoms with Crippen molar-refractivity contribution in [2.75, 3.05) is 10.5 Å². The maximum absolute atomic E-state index is 12.2. The molecule has 0 unspecified atom stereocenters. The van der Waals surface area contributed by atoms with Gasteiger partial charge in [-0.3, -0.25) is 4.72 Å². The molecule has 19 heavy (non-hydrogen) atoms. The molecule has 0 bridgehead atoms. The molecule has 3 N–H and O–H groups in total. The number of pyridine rings is 1. The van der Waals surface area contributed by atoms with Gasteiger partial charge in [0.25, 0.3) is 10.0 Å². The molecule has 1 heterocycles. The number of aromatic nitrogens is 1. The molecule has 0 aliphatic heterocycles. The van der Waals surface area contributed by atoms with E-state index in [9.17, 15) is 8.42 Å². The first kappa shape index (κ1) is 13.6. The van der Waals surface area contributed by atoms with Gasteiger partial charge in [0, 0.05) is 23.0 Å². The summed E-state index contributed by atoms with van der Waals surface area (Å²) in [7, 11) is -3.73. The minimum Gasteiger partial charge on any atom is -0.398 e. The maximum atomic E-state index is 12.2. The molecule has 7 heteroatoms. The summed E-state index contributed by atoms with van der Waals surface area (Å²) < 4.78 is 26.8. The fourth-order valence-electron chi connectivity index (χ4n) is 1.58. The molecule has 0 aliphatic rings. The Morgan fingerprint density at radius 1 is 1.32 bits per heavy atom. The van der Waals surface area contributed by atoms with Crippen LogP contribution in [0.25, 0.3) is 0 Å². The smallest absolute Gasteiger partial charge is 0.263 e. The molecule has 5 nitrogen and oxygen atoms in total. The number of nitrogens with one attached hydrogen (secondary N) is 1. The Labute approximate surface area is 116 Å². The van der Waals surface area contributed by atoms with Crippen molar-refractivity contribution >= 4 is 33.1 Å². The van der Waals surface area contributed by atoms with Crippen molar-refractivity contribution in [2.24, 2.45) is 0 Å². The molecule has 1 aromatic carbocycles. The lowest BCUT2D eigenvalue weighted by Gasteiger charge is -2.11. The molecule has 0 atom stereocenters.